The van der Waals surface area contributed by atoms with E-state index in [1.807, 2.05) is 0 Å². The topological polar surface area (TPSA) is 116 Å². The average molecular weight is 354 g/mol. The zero-order chi connectivity index (χ0) is 16.6. The number of ether oxygens (including phenoxy) is 1. The van der Waals surface area contributed by atoms with Crippen molar-refractivity contribution in [2.24, 2.45) is 0 Å². The molecule has 0 spiro atoms. The number of amides is 2. The van der Waals surface area contributed by atoms with E-state index in [4.69, 9.17) is 4.74 Å². The number of para-hydroxylation sites is 1. The molecule has 118 valence electrons. The van der Waals surface area contributed by atoms with Crippen LogP contribution in [0.15, 0.2) is 39.9 Å². The van der Waals surface area contributed by atoms with Crippen molar-refractivity contribution in [3.8, 4) is 11.5 Å². The fourth-order valence-electron chi connectivity index (χ4n) is 2.24. The van der Waals surface area contributed by atoms with Crippen LogP contribution in [0.25, 0.3) is 0 Å². The molecule has 1 atom stereocenters. The van der Waals surface area contributed by atoms with Crippen LogP contribution in [0.3, 0.4) is 0 Å². The van der Waals surface area contributed by atoms with E-state index in [1.165, 1.54) is 0 Å². The Morgan fingerprint density at radius 3 is 2.46 bits per heavy atom. The zero-order valence-corrected chi connectivity index (χ0v) is 15.9. The monoisotopic (exact) mass is 354 g/mol. The molecule has 0 unspecified atom stereocenters. The second kappa shape index (κ2) is 7.58. The largest absolute Gasteiger partial charge is 1.00 e. The van der Waals surface area contributed by atoms with Crippen LogP contribution >= 0.6 is 0 Å². The maximum absolute atomic E-state index is 11.8. The van der Waals surface area contributed by atoms with E-state index in [-0.39, 0.29) is 64.5 Å². The molecule has 0 radical (unpaired) electrons. The number of carbonyl (C=O) groups is 2. The standard InChI is InChI=1S/C15H12N2O6.K/c18-10(7-23-8-4-2-1-3-5-8)16-9-6-17(15(9)22)11-12(19)14(21)13(11)20;/h1-5,9,19H,6-7H2,(H,16,18);/q;+1/p-1/t9-;/m0./s1. The maximum Gasteiger partial charge on any atom is 1.00 e. The molecular formula is C15H11KN2O6. The SMILES string of the molecule is O=C(COc1ccccc1)N[C@H]1CN(c2c([O-])c(=O)c2=O)C1=O.[K+]. The Morgan fingerprint density at radius 2 is 1.88 bits per heavy atom. The summed E-state index contributed by atoms with van der Waals surface area (Å²) >= 11 is 0. The minimum Gasteiger partial charge on any atom is -0.868 e. The summed E-state index contributed by atoms with van der Waals surface area (Å²) in [6, 6.07) is 7.86. The number of anilines is 1. The van der Waals surface area contributed by atoms with Gasteiger partial charge in [0.05, 0.1) is 12.2 Å². The van der Waals surface area contributed by atoms with Gasteiger partial charge in [-0.05, 0) is 17.9 Å². The van der Waals surface area contributed by atoms with Crippen LogP contribution in [0.1, 0.15) is 0 Å². The fraction of sp³-hybridized carbons (Fsp3) is 0.200. The van der Waals surface area contributed by atoms with E-state index in [1.54, 1.807) is 30.3 Å². The van der Waals surface area contributed by atoms with Gasteiger partial charge in [0.15, 0.2) is 6.61 Å². The van der Waals surface area contributed by atoms with Gasteiger partial charge in [-0.1, -0.05) is 18.2 Å². The molecule has 1 aliphatic rings. The molecular weight excluding hydrogens is 343 g/mol. The molecule has 0 aliphatic carbocycles. The van der Waals surface area contributed by atoms with Crippen molar-refractivity contribution in [1.82, 2.24) is 5.32 Å². The predicted molar refractivity (Wildman–Crippen MR) is 77.0 cm³/mol. The van der Waals surface area contributed by atoms with Crippen molar-refractivity contribution in [2.45, 2.75) is 6.04 Å². The van der Waals surface area contributed by atoms with Gasteiger partial charge in [0.25, 0.3) is 11.8 Å². The van der Waals surface area contributed by atoms with E-state index >= 15 is 0 Å². The summed E-state index contributed by atoms with van der Waals surface area (Å²) in [6.45, 7) is -0.281. The molecule has 24 heavy (non-hydrogen) atoms. The maximum atomic E-state index is 11.8. The first-order chi connectivity index (χ1) is 11.0. The normalized spacial score (nSPS) is 16.2. The van der Waals surface area contributed by atoms with E-state index < -0.39 is 40.2 Å². The molecule has 2 amide bonds. The number of hydrogen-bond donors (Lipinski definition) is 1. The average Bonchev–Trinajstić information content (AvgIpc) is 2.58. The van der Waals surface area contributed by atoms with Crippen LogP contribution in [0.2, 0.25) is 0 Å². The Labute approximate surface area is 178 Å². The van der Waals surface area contributed by atoms with E-state index in [0.717, 1.165) is 4.90 Å². The van der Waals surface area contributed by atoms with Gasteiger partial charge in [-0.3, -0.25) is 19.2 Å². The Kier molecular flexibility index (Phi) is 5.94. The van der Waals surface area contributed by atoms with Gasteiger partial charge >= 0.3 is 51.4 Å². The van der Waals surface area contributed by atoms with Crippen molar-refractivity contribution in [3.63, 3.8) is 0 Å². The minimum absolute atomic E-state index is 0. The first kappa shape index (κ1) is 18.8. The molecule has 0 saturated carbocycles. The summed E-state index contributed by atoms with van der Waals surface area (Å²) in [5.41, 5.74) is -2.48. The zero-order valence-electron chi connectivity index (χ0n) is 12.8. The molecule has 1 fully saturated rings. The van der Waals surface area contributed by atoms with Gasteiger partial charge in [-0.2, -0.15) is 0 Å². The number of nitrogens with zero attached hydrogens (tertiary/aromatic N) is 1. The molecule has 2 aromatic rings. The third kappa shape index (κ3) is 3.45. The number of rotatable bonds is 5. The van der Waals surface area contributed by atoms with Crippen LogP contribution in [0.5, 0.6) is 11.5 Å². The molecule has 1 heterocycles. The number of benzene rings is 1. The van der Waals surface area contributed by atoms with Crippen molar-refractivity contribution >= 4 is 17.5 Å². The first-order valence-electron chi connectivity index (χ1n) is 6.78. The Balaban J connectivity index is 0.00000208. The second-order valence-electron chi connectivity index (χ2n) is 5.01. The summed E-state index contributed by atoms with van der Waals surface area (Å²) in [4.78, 5) is 46.5. The fourth-order valence-corrected chi connectivity index (χ4v) is 2.24. The van der Waals surface area contributed by atoms with Gasteiger partial charge in [0, 0.05) is 0 Å². The molecule has 1 aliphatic heterocycles. The molecule has 0 aromatic heterocycles. The van der Waals surface area contributed by atoms with Crippen molar-refractivity contribution < 1.29 is 70.8 Å². The van der Waals surface area contributed by atoms with E-state index in [0.29, 0.717) is 5.75 Å². The minimum atomic E-state index is -1.11. The van der Waals surface area contributed by atoms with Gasteiger partial charge in [-0.25, -0.2) is 0 Å². The van der Waals surface area contributed by atoms with Crippen LogP contribution in [0.4, 0.5) is 5.69 Å². The third-order valence-corrected chi connectivity index (χ3v) is 3.49. The van der Waals surface area contributed by atoms with Gasteiger partial charge < -0.3 is 20.1 Å². The Morgan fingerprint density at radius 1 is 1.21 bits per heavy atom. The molecule has 2 aromatic carbocycles. The van der Waals surface area contributed by atoms with Crippen molar-refractivity contribution in [1.29, 1.82) is 0 Å². The second-order valence-corrected chi connectivity index (χ2v) is 5.01. The van der Waals surface area contributed by atoms with E-state index in [9.17, 15) is 24.3 Å². The summed E-state index contributed by atoms with van der Waals surface area (Å²) in [6.07, 6.45) is 0. The summed E-state index contributed by atoms with van der Waals surface area (Å²) in [5.74, 6) is -1.54. The molecule has 0 bridgehead atoms. The summed E-state index contributed by atoms with van der Waals surface area (Å²) < 4.78 is 5.23. The quantitative estimate of drug-likeness (QED) is 0.328. The number of hydrogen-bond acceptors (Lipinski definition) is 6. The van der Waals surface area contributed by atoms with Crippen molar-refractivity contribution in [3.05, 3.63) is 50.8 Å². The van der Waals surface area contributed by atoms with Crippen LogP contribution < -0.4 is 82.3 Å². The number of β-lactam (4-membered cyclic amide) rings is 1. The molecule has 1 N–H and O–H groups in total. The number of nitrogens with one attached hydrogen (secondary N) is 1. The first-order valence-corrected chi connectivity index (χ1v) is 6.78. The third-order valence-electron chi connectivity index (χ3n) is 3.49. The predicted octanol–water partition coefficient (Wildman–Crippen LogP) is -4.73. The molecule has 9 heteroatoms. The summed E-state index contributed by atoms with van der Waals surface area (Å²) in [7, 11) is 0. The molecule has 3 rings (SSSR count). The van der Waals surface area contributed by atoms with Crippen LogP contribution in [0, 0.1) is 0 Å². The number of carbonyl (C=O) groups excluding carboxylic acids is 2. The van der Waals surface area contributed by atoms with Gasteiger partial charge in [-0.15, -0.1) is 0 Å². The van der Waals surface area contributed by atoms with Crippen LogP contribution in [-0.4, -0.2) is 31.0 Å². The molecule has 1 saturated heterocycles. The molecule has 8 nitrogen and oxygen atoms in total. The van der Waals surface area contributed by atoms with Crippen LogP contribution in [-0.2, 0) is 9.59 Å². The van der Waals surface area contributed by atoms with Crippen molar-refractivity contribution in [2.75, 3.05) is 18.1 Å². The van der Waals surface area contributed by atoms with Gasteiger partial charge in [0.2, 0.25) is 10.9 Å². The Bertz CT molecular complexity index is 843. The Hall–Kier alpha value is -1.52. The van der Waals surface area contributed by atoms with E-state index in [2.05, 4.69) is 5.32 Å². The summed E-state index contributed by atoms with van der Waals surface area (Å²) in [5, 5.41) is 13.7. The van der Waals surface area contributed by atoms with Gasteiger partial charge in [0.1, 0.15) is 11.8 Å². The smallest absolute Gasteiger partial charge is 0.868 e.